The van der Waals surface area contributed by atoms with Crippen LogP contribution in [-0.4, -0.2) is 61.3 Å². The zero-order valence-corrected chi connectivity index (χ0v) is 18.8. The molecule has 8 nitrogen and oxygen atoms in total. The van der Waals surface area contributed by atoms with E-state index in [1.54, 1.807) is 10.6 Å². The highest BCUT2D eigenvalue weighted by atomic mass is 35.5. The molecule has 1 amide bonds. The fraction of sp³-hybridized carbons (Fsp3) is 0.261. The second kappa shape index (κ2) is 8.69. The molecule has 0 saturated carbocycles. The smallest absolute Gasteiger partial charge is 0.407 e. The van der Waals surface area contributed by atoms with Crippen LogP contribution < -0.4 is 0 Å². The van der Waals surface area contributed by atoms with Crippen LogP contribution in [0, 0.1) is 18.6 Å². The summed E-state index contributed by atoms with van der Waals surface area (Å²) < 4.78 is 38.2. The highest BCUT2D eigenvalue weighted by molar-refractivity contribution is 6.29. The van der Waals surface area contributed by atoms with E-state index in [2.05, 4.69) is 15.0 Å². The van der Waals surface area contributed by atoms with Gasteiger partial charge in [0.1, 0.15) is 28.3 Å². The van der Waals surface area contributed by atoms with Crippen LogP contribution in [0.5, 0.6) is 0 Å². The Kier molecular flexibility index (Phi) is 5.70. The summed E-state index contributed by atoms with van der Waals surface area (Å²) in [6.45, 7) is 2.56. The molecule has 1 aliphatic rings. The van der Waals surface area contributed by atoms with Gasteiger partial charge in [-0.2, -0.15) is 0 Å². The molecule has 1 unspecified atom stereocenters. The Labute approximate surface area is 197 Å². The van der Waals surface area contributed by atoms with E-state index in [-0.39, 0.29) is 53.9 Å². The van der Waals surface area contributed by atoms with Crippen molar-refractivity contribution in [2.45, 2.75) is 19.4 Å². The molecule has 176 valence electrons. The molecule has 0 radical (unpaired) electrons. The van der Waals surface area contributed by atoms with E-state index in [4.69, 9.17) is 16.3 Å². The van der Waals surface area contributed by atoms with Gasteiger partial charge in [0.15, 0.2) is 0 Å². The molecule has 0 aliphatic carbocycles. The lowest BCUT2D eigenvalue weighted by Gasteiger charge is -2.31. The molecule has 2 N–H and O–H groups in total. The number of hydrogen-bond acceptors (Lipinski definition) is 4. The van der Waals surface area contributed by atoms with Gasteiger partial charge in [0.25, 0.3) is 0 Å². The van der Waals surface area contributed by atoms with Gasteiger partial charge in [-0.3, -0.25) is 0 Å². The summed E-state index contributed by atoms with van der Waals surface area (Å²) >= 11 is 5.85. The number of nitrogens with one attached hydrogen (secondary N) is 1. The second-order valence-electron chi connectivity index (χ2n) is 8.16. The molecule has 11 heteroatoms. The number of ether oxygens (including phenoxy) is 1. The Balaban J connectivity index is 1.60. The zero-order chi connectivity index (χ0) is 24.0. The maximum Gasteiger partial charge on any atom is 0.407 e. The fourth-order valence-electron chi connectivity index (χ4n) is 4.21. The minimum absolute atomic E-state index is 0.140. The molecule has 5 rings (SSSR count). The van der Waals surface area contributed by atoms with Gasteiger partial charge in [0, 0.05) is 24.7 Å². The van der Waals surface area contributed by atoms with Crippen molar-refractivity contribution in [2.24, 2.45) is 0 Å². The zero-order valence-electron chi connectivity index (χ0n) is 18.1. The minimum Gasteiger partial charge on any atom is -0.465 e. The van der Waals surface area contributed by atoms with Crippen LogP contribution in [0.2, 0.25) is 5.15 Å². The van der Waals surface area contributed by atoms with Crippen molar-refractivity contribution in [1.82, 2.24) is 24.3 Å². The normalized spacial score (nSPS) is 16.4. The van der Waals surface area contributed by atoms with Crippen molar-refractivity contribution < 1.29 is 23.4 Å². The largest absolute Gasteiger partial charge is 0.465 e. The highest BCUT2D eigenvalue weighted by Gasteiger charge is 2.28. The Bertz CT molecular complexity index is 1380. The summed E-state index contributed by atoms with van der Waals surface area (Å²) in [5.41, 5.74) is 2.06. The standard InChI is InChI=1S/C23H20ClF2N5O3/c1-12-2-3-31-17(9-14-11-30(23(32)33)4-5-34-14)21(29-19(31)6-12)20-15(25)7-13(8-16(20)26)22-27-10-18(24)28-22/h2-3,6-8,10,14H,4-5,9,11H2,1H3,(H,27,28)(H,32,33). The van der Waals surface area contributed by atoms with Gasteiger partial charge in [-0.15, -0.1) is 0 Å². The average Bonchev–Trinajstić information content (AvgIpc) is 3.37. The van der Waals surface area contributed by atoms with Crippen LogP contribution in [0.1, 0.15) is 11.3 Å². The van der Waals surface area contributed by atoms with E-state index >= 15 is 8.78 Å². The van der Waals surface area contributed by atoms with Crippen LogP contribution in [0.15, 0.2) is 36.7 Å². The first-order valence-corrected chi connectivity index (χ1v) is 11.0. The number of nitrogens with zero attached hydrogens (tertiary/aromatic N) is 4. The fourth-order valence-corrected chi connectivity index (χ4v) is 4.34. The Morgan fingerprint density at radius 3 is 2.76 bits per heavy atom. The molecule has 0 bridgehead atoms. The van der Waals surface area contributed by atoms with Crippen molar-refractivity contribution >= 4 is 23.3 Å². The number of imidazole rings is 2. The van der Waals surface area contributed by atoms with Crippen molar-refractivity contribution in [2.75, 3.05) is 19.7 Å². The number of aromatic nitrogens is 4. The van der Waals surface area contributed by atoms with E-state index in [9.17, 15) is 9.90 Å². The Hall–Kier alpha value is -3.50. The molecule has 0 spiro atoms. The summed E-state index contributed by atoms with van der Waals surface area (Å²) in [7, 11) is 0. The summed E-state index contributed by atoms with van der Waals surface area (Å²) in [5.74, 6) is -1.37. The van der Waals surface area contributed by atoms with E-state index in [1.807, 2.05) is 19.1 Å². The third kappa shape index (κ3) is 4.10. The van der Waals surface area contributed by atoms with Gasteiger partial charge in [-0.05, 0) is 36.8 Å². The van der Waals surface area contributed by atoms with Gasteiger partial charge in [-0.25, -0.2) is 23.5 Å². The third-order valence-electron chi connectivity index (χ3n) is 5.81. The highest BCUT2D eigenvalue weighted by Crippen LogP contribution is 2.34. The molecular formula is C23H20ClF2N5O3. The quantitative estimate of drug-likeness (QED) is 0.440. The molecule has 4 heterocycles. The van der Waals surface area contributed by atoms with Gasteiger partial charge in [0.05, 0.1) is 42.4 Å². The van der Waals surface area contributed by atoms with E-state index in [0.29, 0.717) is 11.3 Å². The summed E-state index contributed by atoms with van der Waals surface area (Å²) in [4.78, 5) is 24.0. The van der Waals surface area contributed by atoms with Crippen LogP contribution >= 0.6 is 11.6 Å². The molecule has 1 aromatic carbocycles. The van der Waals surface area contributed by atoms with Crippen LogP contribution in [-0.2, 0) is 11.2 Å². The number of benzene rings is 1. The predicted molar refractivity (Wildman–Crippen MR) is 121 cm³/mol. The number of rotatable bonds is 4. The molecule has 1 atom stereocenters. The number of carboxylic acid groups (broad SMARTS) is 1. The lowest BCUT2D eigenvalue weighted by molar-refractivity contribution is -0.0214. The molecule has 1 aliphatic heterocycles. The SMILES string of the molecule is Cc1ccn2c(CC3CN(C(=O)O)CCO3)c(-c3c(F)cc(-c4ncc(Cl)[nH]4)cc3F)nc2c1. The van der Waals surface area contributed by atoms with Crippen molar-refractivity contribution in [3.05, 3.63) is 64.7 Å². The number of carbonyl (C=O) groups is 1. The molecule has 1 fully saturated rings. The van der Waals surface area contributed by atoms with Crippen molar-refractivity contribution in [3.8, 4) is 22.6 Å². The van der Waals surface area contributed by atoms with E-state index in [1.165, 1.54) is 23.2 Å². The number of H-pyrrole nitrogens is 1. The summed E-state index contributed by atoms with van der Waals surface area (Å²) in [6.07, 6.45) is 1.84. The van der Waals surface area contributed by atoms with Gasteiger partial charge >= 0.3 is 6.09 Å². The number of hydrogen-bond donors (Lipinski definition) is 2. The monoisotopic (exact) mass is 487 g/mol. The number of pyridine rings is 1. The third-order valence-corrected chi connectivity index (χ3v) is 6.00. The Morgan fingerprint density at radius 2 is 2.09 bits per heavy atom. The van der Waals surface area contributed by atoms with Crippen LogP contribution in [0.25, 0.3) is 28.3 Å². The predicted octanol–water partition coefficient (Wildman–Crippen LogP) is 4.55. The second-order valence-corrected chi connectivity index (χ2v) is 8.57. The summed E-state index contributed by atoms with van der Waals surface area (Å²) in [5, 5.41) is 9.60. The van der Waals surface area contributed by atoms with Gasteiger partial charge < -0.3 is 24.1 Å². The first-order valence-electron chi connectivity index (χ1n) is 10.6. The maximum atomic E-state index is 15.3. The number of fused-ring (bicyclic) bond motifs is 1. The minimum atomic E-state index is -1.03. The lowest BCUT2D eigenvalue weighted by atomic mass is 10.0. The van der Waals surface area contributed by atoms with Gasteiger partial charge in [0.2, 0.25) is 0 Å². The van der Waals surface area contributed by atoms with E-state index < -0.39 is 23.8 Å². The molecule has 34 heavy (non-hydrogen) atoms. The number of aryl methyl sites for hydroxylation is 1. The number of amides is 1. The molecule has 3 aromatic heterocycles. The lowest BCUT2D eigenvalue weighted by Crippen LogP contribution is -2.45. The number of morpholine rings is 1. The number of aromatic amines is 1. The first kappa shape index (κ1) is 22.3. The summed E-state index contributed by atoms with van der Waals surface area (Å²) in [6, 6.07) is 6.03. The number of halogens is 3. The molecule has 1 saturated heterocycles. The molecular weight excluding hydrogens is 468 g/mol. The van der Waals surface area contributed by atoms with E-state index in [0.717, 1.165) is 5.56 Å². The van der Waals surface area contributed by atoms with Crippen molar-refractivity contribution in [1.29, 1.82) is 0 Å². The van der Waals surface area contributed by atoms with Crippen LogP contribution in [0.3, 0.4) is 0 Å². The Morgan fingerprint density at radius 1 is 1.32 bits per heavy atom. The topological polar surface area (TPSA) is 95.8 Å². The first-order chi connectivity index (χ1) is 16.3. The van der Waals surface area contributed by atoms with Crippen LogP contribution in [0.4, 0.5) is 13.6 Å². The van der Waals surface area contributed by atoms with Gasteiger partial charge in [-0.1, -0.05) is 11.6 Å². The van der Waals surface area contributed by atoms with Crippen molar-refractivity contribution in [3.63, 3.8) is 0 Å². The average molecular weight is 488 g/mol. The molecule has 4 aromatic rings. The maximum absolute atomic E-state index is 15.3.